The normalized spacial score (nSPS) is 11.9. The van der Waals surface area contributed by atoms with Crippen LogP contribution in [0.4, 0.5) is 0 Å². The van der Waals surface area contributed by atoms with Gasteiger partial charge in [0.15, 0.2) is 5.84 Å². The van der Waals surface area contributed by atoms with Crippen molar-refractivity contribution in [3.63, 3.8) is 0 Å². The SMILES string of the molecule is COc1cc(CNC(C)C)ccc1/C(N)=N/O. The van der Waals surface area contributed by atoms with Gasteiger partial charge in [-0.25, -0.2) is 0 Å². The van der Waals surface area contributed by atoms with Crippen molar-refractivity contribution in [3.8, 4) is 5.75 Å². The number of rotatable bonds is 5. The lowest BCUT2D eigenvalue weighted by Crippen LogP contribution is -2.22. The second-order valence-corrected chi connectivity index (χ2v) is 4.06. The average Bonchev–Trinajstić information content (AvgIpc) is 2.34. The zero-order valence-electron chi connectivity index (χ0n) is 10.4. The van der Waals surface area contributed by atoms with Crippen molar-refractivity contribution in [2.45, 2.75) is 26.4 Å². The summed E-state index contributed by atoms with van der Waals surface area (Å²) in [4.78, 5) is 0. The van der Waals surface area contributed by atoms with Crippen molar-refractivity contribution < 1.29 is 9.94 Å². The maximum Gasteiger partial charge on any atom is 0.173 e. The van der Waals surface area contributed by atoms with E-state index < -0.39 is 0 Å². The number of benzene rings is 1. The standard InChI is InChI=1S/C12H19N3O2/c1-8(2)14-7-9-4-5-10(12(13)15-16)11(6-9)17-3/h4-6,8,14,16H,7H2,1-3H3,(H2,13,15). The summed E-state index contributed by atoms with van der Waals surface area (Å²) in [7, 11) is 1.56. The van der Waals surface area contributed by atoms with Crippen LogP contribution in [0.2, 0.25) is 0 Å². The molecule has 0 aliphatic heterocycles. The first kappa shape index (κ1) is 13.3. The van der Waals surface area contributed by atoms with Crippen molar-refractivity contribution in [2.24, 2.45) is 10.9 Å². The zero-order chi connectivity index (χ0) is 12.8. The van der Waals surface area contributed by atoms with Gasteiger partial charge in [0.2, 0.25) is 0 Å². The lowest BCUT2D eigenvalue weighted by atomic mass is 10.1. The van der Waals surface area contributed by atoms with Crippen LogP contribution in [0, 0.1) is 0 Å². The minimum absolute atomic E-state index is 0.0465. The van der Waals surface area contributed by atoms with Crippen LogP contribution in [0.25, 0.3) is 0 Å². The molecule has 94 valence electrons. The number of nitrogens with two attached hydrogens (primary N) is 1. The summed E-state index contributed by atoms with van der Waals surface area (Å²) in [6.07, 6.45) is 0. The number of hydrogen-bond donors (Lipinski definition) is 3. The molecule has 1 rings (SSSR count). The fourth-order valence-electron chi connectivity index (χ4n) is 1.43. The second-order valence-electron chi connectivity index (χ2n) is 4.06. The molecule has 0 saturated heterocycles. The molecule has 0 unspecified atom stereocenters. The maximum absolute atomic E-state index is 8.65. The first-order chi connectivity index (χ1) is 8.08. The van der Waals surface area contributed by atoms with Gasteiger partial charge in [-0.15, -0.1) is 0 Å². The Morgan fingerprint density at radius 3 is 2.76 bits per heavy atom. The second kappa shape index (κ2) is 6.10. The Morgan fingerprint density at radius 2 is 2.24 bits per heavy atom. The van der Waals surface area contributed by atoms with E-state index in [4.69, 9.17) is 15.7 Å². The topological polar surface area (TPSA) is 79.9 Å². The lowest BCUT2D eigenvalue weighted by molar-refractivity contribution is 0.318. The van der Waals surface area contributed by atoms with Gasteiger partial charge >= 0.3 is 0 Å². The number of nitrogens with one attached hydrogen (secondary N) is 1. The summed E-state index contributed by atoms with van der Waals surface area (Å²) < 4.78 is 5.22. The molecule has 0 atom stereocenters. The van der Waals surface area contributed by atoms with E-state index in [0.29, 0.717) is 17.4 Å². The van der Waals surface area contributed by atoms with Gasteiger partial charge in [-0.05, 0) is 17.7 Å². The van der Waals surface area contributed by atoms with Crippen LogP contribution >= 0.6 is 0 Å². The Bertz CT molecular complexity index is 403. The van der Waals surface area contributed by atoms with Crippen LogP contribution in [0.3, 0.4) is 0 Å². The van der Waals surface area contributed by atoms with E-state index in [0.717, 1.165) is 12.1 Å². The van der Waals surface area contributed by atoms with E-state index >= 15 is 0 Å². The minimum Gasteiger partial charge on any atom is -0.496 e. The number of methoxy groups -OCH3 is 1. The van der Waals surface area contributed by atoms with Crippen molar-refractivity contribution in [3.05, 3.63) is 29.3 Å². The van der Waals surface area contributed by atoms with Gasteiger partial charge in [-0.3, -0.25) is 0 Å². The van der Waals surface area contributed by atoms with Crippen LogP contribution in [-0.2, 0) is 6.54 Å². The van der Waals surface area contributed by atoms with E-state index in [-0.39, 0.29) is 5.84 Å². The third kappa shape index (κ3) is 3.64. The molecule has 1 aromatic carbocycles. The highest BCUT2D eigenvalue weighted by Crippen LogP contribution is 2.20. The van der Waals surface area contributed by atoms with Gasteiger partial charge in [0.05, 0.1) is 12.7 Å². The van der Waals surface area contributed by atoms with Crippen LogP contribution in [0.15, 0.2) is 23.4 Å². The monoisotopic (exact) mass is 237 g/mol. The Labute approximate surface area is 101 Å². The quantitative estimate of drug-likeness (QED) is 0.312. The molecule has 0 aliphatic carbocycles. The maximum atomic E-state index is 8.65. The van der Waals surface area contributed by atoms with Gasteiger partial charge in [0, 0.05) is 12.6 Å². The number of oxime groups is 1. The minimum atomic E-state index is 0.0465. The lowest BCUT2D eigenvalue weighted by Gasteiger charge is -2.11. The number of amidine groups is 1. The number of nitrogens with zero attached hydrogens (tertiary/aromatic N) is 1. The molecule has 17 heavy (non-hydrogen) atoms. The van der Waals surface area contributed by atoms with Gasteiger partial charge in [-0.2, -0.15) is 0 Å². The van der Waals surface area contributed by atoms with Crippen LogP contribution in [-0.4, -0.2) is 24.2 Å². The van der Waals surface area contributed by atoms with Gasteiger partial charge in [-0.1, -0.05) is 25.1 Å². The molecule has 4 N–H and O–H groups in total. The highest BCUT2D eigenvalue weighted by molar-refractivity contribution is 5.99. The summed E-state index contributed by atoms with van der Waals surface area (Å²) in [5.74, 6) is 0.647. The fraction of sp³-hybridized carbons (Fsp3) is 0.417. The van der Waals surface area contributed by atoms with E-state index in [1.165, 1.54) is 0 Å². The largest absolute Gasteiger partial charge is 0.496 e. The summed E-state index contributed by atoms with van der Waals surface area (Å²) in [5, 5.41) is 14.9. The van der Waals surface area contributed by atoms with Crippen LogP contribution in [0.1, 0.15) is 25.0 Å². The van der Waals surface area contributed by atoms with Gasteiger partial charge in [0.25, 0.3) is 0 Å². The third-order valence-corrected chi connectivity index (χ3v) is 2.36. The number of hydrogen-bond acceptors (Lipinski definition) is 4. The first-order valence-electron chi connectivity index (χ1n) is 5.46. The molecule has 0 spiro atoms. The van der Waals surface area contributed by atoms with Crippen molar-refractivity contribution in [1.82, 2.24) is 5.32 Å². The molecule has 5 nitrogen and oxygen atoms in total. The predicted molar refractivity (Wildman–Crippen MR) is 67.5 cm³/mol. The molecule has 0 radical (unpaired) electrons. The Morgan fingerprint density at radius 1 is 1.53 bits per heavy atom. The molecule has 0 heterocycles. The van der Waals surface area contributed by atoms with E-state index in [1.807, 2.05) is 12.1 Å². The Balaban J connectivity index is 2.92. The smallest absolute Gasteiger partial charge is 0.173 e. The van der Waals surface area contributed by atoms with Crippen molar-refractivity contribution in [1.29, 1.82) is 0 Å². The van der Waals surface area contributed by atoms with Crippen molar-refractivity contribution >= 4 is 5.84 Å². The third-order valence-electron chi connectivity index (χ3n) is 2.36. The molecule has 0 aromatic heterocycles. The van der Waals surface area contributed by atoms with Crippen LogP contribution in [0.5, 0.6) is 5.75 Å². The average molecular weight is 237 g/mol. The Kier molecular flexibility index (Phi) is 4.78. The summed E-state index contributed by atoms with van der Waals surface area (Å²) in [6, 6.07) is 6.00. The Hall–Kier alpha value is -1.75. The molecule has 1 aromatic rings. The molecule has 5 heteroatoms. The molecule has 0 amide bonds. The van der Waals surface area contributed by atoms with Gasteiger partial charge < -0.3 is 21.0 Å². The molecular formula is C12H19N3O2. The van der Waals surface area contributed by atoms with E-state index in [2.05, 4.69) is 24.3 Å². The highest BCUT2D eigenvalue weighted by Gasteiger charge is 2.08. The summed E-state index contributed by atoms with van der Waals surface area (Å²) in [6.45, 7) is 4.93. The van der Waals surface area contributed by atoms with E-state index in [9.17, 15) is 0 Å². The van der Waals surface area contributed by atoms with Gasteiger partial charge in [0.1, 0.15) is 5.75 Å². The van der Waals surface area contributed by atoms with E-state index in [1.54, 1.807) is 13.2 Å². The summed E-state index contributed by atoms with van der Waals surface area (Å²) >= 11 is 0. The first-order valence-corrected chi connectivity index (χ1v) is 5.46. The van der Waals surface area contributed by atoms with Crippen molar-refractivity contribution in [2.75, 3.05) is 7.11 Å². The summed E-state index contributed by atoms with van der Waals surface area (Å²) in [5.41, 5.74) is 7.22. The fourth-order valence-corrected chi connectivity index (χ4v) is 1.43. The molecule has 0 aliphatic rings. The molecule has 0 fully saturated rings. The highest BCUT2D eigenvalue weighted by atomic mass is 16.5. The zero-order valence-corrected chi connectivity index (χ0v) is 10.4. The van der Waals surface area contributed by atoms with Crippen LogP contribution < -0.4 is 15.8 Å². The molecule has 0 bridgehead atoms. The molecular weight excluding hydrogens is 218 g/mol. The predicted octanol–water partition coefficient (Wildman–Crippen LogP) is 1.29. The number of ether oxygens (including phenoxy) is 1. The molecule has 0 saturated carbocycles.